The van der Waals surface area contributed by atoms with Gasteiger partial charge >= 0.3 is 0 Å². The fourth-order valence-electron chi connectivity index (χ4n) is 1.90. The molecule has 1 heterocycles. The Kier molecular flexibility index (Phi) is 4.65. The van der Waals surface area contributed by atoms with Gasteiger partial charge in [0.05, 0.1) is 17.9 Å². The number of amides is 1. The minimum atomic E-state index is -3.55. The first-order chi connectivity index (χ1) is 10.3. The molecule has 0 aliphatic rings. The molecule has 0 spiro atoms. The van der Waals surface area contributed by atoms with Crippen LogP contribution in [0.4, 0.5) is 0 Å². The van der Waals surface area contributed by atoms with Gasteiger partial charge in [-0.05, 0) is 26.0 Å². The highest BCUT2D eigenvalue weighted by molar-refractivity contribution is 7.89. The van der Waals surface area contributed by atoms with Crippen molar-refractivity contribution in [1.29, 1.82) is 0 Å². The van der Waals surface area contributed by atoms with Gasteiger partial charge in [-0.3, -0.25) is 4.79 Å². The van der Waals surface area contributed by atoms with Crippen molar-refractivity contribution >= 4 is 15.9 Å². The summed E-state index contributed by atoms with van der Waals surface area (Å²) >= 11 is 0. The van der Waals surface area contributed by atoms with Gasteiger partial charge in [-0.1, -0.05) is 18.2 Å². The van der Waals surface area contributed by atoms with Crippen molar-refractivity contribution < 1.29 is 17.6 Å². The van der Waals surface area contributed by atoms with Crippen molar-refractivity contribution in [3.63, 3.8) is 0 Å². The van der Waals surface area contributed by atoms with Crippen molar-refractivity contribution in [3.05, 3.63) is 41.8 Å². The first kappa shape index (κ1) is 16.2. The van der Waals surface area contributed by atoms with E-state index in [-0.39, 0.29) is 12.2 Å². The first-order valence-corrected chi connectivity index (χ1v) is 8.47. The third kappa shape index (κ3) is 3.36. The van der Waals surface area contributed by atoms with Crippen LogP contribution in [0.25, 0.3) is 11.5 Å². The van der Waals surface area contributed by atoms with E-state index in [9.17, 15) is 13.2 Å². The molecule has 2 aromatic rings. The van der Waals surface area contributed by atoms with E-state index in [1.54, 1.807) is 6.92 Å². The molecule has 118 valence electrons. The molecule has 0 aliphatic carbocycles. The Morgan fingerprint density at radius 3 is 2.50 bits per heavy atom. The highest BCUT2D eigenvalue weighted by Crippen LogP contribution is 2.22. The van der Waals surface area contributed by atoms with Crippen molar-refractivity contribution in [2.45, 2.75) is 20.3 Å². The molecule has 0 unspecified atom stereocenters. The summed E-state index contributed by atoms with van der Waals surface area (Å²) in [5.41, 5.74) is 1.25. The van der Waals surface area contributed by atoms with Crippen molar-refractivity contribution in [3.8, 4) is 11.5 Å². The summed E-state index contributed by atoms with van der Waals surface area (Å²) in [5, 5.41) is 0. The smallest absolute Gasteiger partial charge is 0.241 e. The monoisotopic (exact) mass is 322 g/mol. The Hall–Kier alpha value is -2.15. The second-order valence-electron chi connectivity index (χ2n) is 4.83. The van der Waals surface area contributed by atoms with E-state index in [0.29, 0.717) is 17.3 Å². The number of hydrogen-bond acceptors (Lipinski definition) is 5. The standard InChI is InChI=1S/C15H18N2O4S/c1-4-22(19,20)17(3)14(18)10-13-11(2)21-15(16-13)12-8-6-5-7-9-12/h5-9H,4,10H2,1-3H3. The molecule has 0 N–H and O–H groups in total. The molecule has 0 saturated carbocycles. The topological polar surface area (TPSA) is 80.5 Å². The molecule has 1 amide bonds. The van der Waals surface area contributed by atoms with E-state index in [4.69, 9.17) is 4.42 Å². The maximum absolute atomic E-state index is 12.1. The number of sulfonamides is 1. The number of benzene rings is 1. The largest absolute Gasteiger partial charge is 0.441 e. The second kappa shape index (κ2) is 6.31. The molecule has 22 heavy (non-hydrogen) atoms. The third-order valence-electron chi connectivity index (χ3n) is 3.37. The maximum atomic E-state index is 12.1. The highest BCUT2D eigenvalue weighted by atomic mass is 32.2. The van der Waals surface area contributed by atoms with Crippen LogP contribution in [-0.4, -0.2) is 36.4 Å². The van der Waals surface area contributed by atoms with Crippen molar-refractivity contribution in [2.75, 3.05) is 12.8 Å². The fraction of sp³-hybridized carbons (Fsp3) is 0.333. The van der Waals surface area contributed by atoms with Crippen LogP contribution in [-0.2, 0) is 21.2 Å². The lowest BCUT2D eigenvalue weighted by Crippen LogP contribution is -2.35. The summed E-state index contributed by atoms with van der Waals surface area (Å²) < 4.78 is 29.7. The van der Waals surface area contributed by atoms with Crippen molar-refractivity contribution in [1.82, 2.24) is 9.29 Å². The number of carbonyl (C=O) groups excluding carboxylic acids is 1. The average molecular weight is 322 g/mol. The molecule has 0 radical (unpaired) electrons. The minimum Gasteiger partial charge on any atom is -0.441 e. The molecular formula is C15H18N2O4S. The Morgan fingerprint density at radius 2 is 1.91 bits per heavy atom. The number of oxazole rings is 1. The zero-order valence-electron chi connectivity index (χ0n) is 12.7. The molecular weight excluding hydrogens is 304 g/mol. The van der Waals surface area contributed by atoms with Crippen LogP contribution >= 0.6 is 0 Å². The summed E-state index contributed by atoms with van der Waals surface area (Å²) in [6.07, 6.45) is -0.113. The van der Waals surface area contributed by atoms with E-state index in [1.807, 2.05) is 30.3 Å². The Balaban J connectivity index is 2.21. The van der Waals surface area contributed by atoms with Gasteiger partial charge in [0.2, 0.25) is 21.8 Å². The number of rotatable bonds is 5. The van der Waals surface area contributed by atoms with Gasteiger partial charge in [-0.15, -0.1) is 0 Å². The fourth-order valence-corrected chi connectivity index (χ4v) is 2.66. The molecule has 1 aromatic heterocycles. The van der Waals surface area contributed by atoms with E-state index in [0.717, 1.165) is 9.87 Å². The number of aryl methyl sites for hydroxylation is 1. The van der Waals surface area contributed by atoms with Crippen molar-refractivity contribution in [2.24, 2.45) is 0 Å². The number of aromatic nitrogens is 1. The minimum absolute atomic E-state index is 0.113. The van der Waals surface area contributed by atoms with E-state index < -0.39 is 15.9 Å². The molecule has 0 bridgehead atoms. The van der Waals surface area contributed by atoms with Gasteiger partial charge in [0, 0.05) is 12.6 Å². The first-order valence-electron chi connectivity index (χ1n) is 6.86. The molecule has 2 rings (SSSR count). The molecule has 6 nitrogen and oxygen atoms in total. The lowest BCUT2D eigenvalue weighted by atomic mass is 10.2. The molecule has 0 atom stereocenters. The van der Waals surface area contributed by atoms with Gasteiger partial charge in [0.1, 0.15) is 5.76 Å². The molecule has 0 saturated heterocycles. The third-order valence-corrected chi connectivity index (χ3v) is 5.13. The molecule has 7 heteroatoms. The summed E-state index contributed by atoms with van der Waals surface area (Å²) in [4.78, 5) is 16.4. The predicted molar refractivity (Wildman–Crippen MR) is 82.6 cm³/mol. The zero-order chi connectivity index (χ0) is 16.3. The normalized spacial score (nSPS) is 11.4. The summed E-state index contributed by atoms with van der Waals surface area (Å²) in [5.74, 6) is 0.275. The van der Waals surface area contributed by atoms with E-state index in [1.165, 1.54) is 14.0 Å². The van der Waals surface area contributed by atoms with Crippen LogP contribution in [0.5, 0.6) is 0 Å². The lowest BCUT2D eigenvalue weighted by molar-refractivity contribution is -0.125. The number of hydrogen-bond donors (Lipinski definition) is 0. The highest BCUT2D eigenvalue weighted by Gasteiger charge is 2.23. The van der Waals surface area contributed by atoms with Gasteiger partial charge in [-0.25, -0.2) is 17.7 Å². The zero-order valence-corrected chi connectivity index (χ0v) is 13.6. The van der Waals surface area contributed by atoms with Gasteiger partial charge in [0.25, 0.3) is 0 Å². The van der Waals surface area contributed by atoms with E-state index in [2.05, 4.69) is 4.98 Å². The number of nitrogens with zero attached hydrogens (tertiary/aromatic N) is 2. The van der Waals surface area contributed by atoms with Gasteiger partial charge < -0.3 is 4.42 Å². The molecule has 0 aliphatic heterocycles. The SMILES string of the molecule is CCS(=O)(=O)N(C)C(=O)Cc1nc(-c2ccccc2)oc1C. The van der Waals surface area contributed by atoms with Crippen LogP contribution in [0.2, 0.25) is 0 Å². The number of likely N-dealkylation sites (N-methyl/N-ethyl adjacent to an activating group) is 1. The second-order valence-corrected chi connectivity index (χ2v) is 7.12. The van der Waals surface area contributed by atoms with Crippen LogP contribution in [0, 0.1) is 6.92 Å². The van der Waals surface area contributed by atoms with Crippen LogP contribution in [0.15, 0.2) is 34.7 Å². The Morgan fingerprint density at radius 1 is 1.27 bits per heavy atom. The average Bonchev–Trinajstić information content (AvgIpc) is 2.88. The van der Waals surface area contributed by atoms with Gasteiger partial charge in [0.15, 0.2) is 0 Å². The maximum Gasteiger partial charge on any atom is 0.241 e. The Labute approximate surface area is 129 Å². The number of carbonyl (C=O) groups is 1. The van der Waals surface area contributed by atoms with Crippen LogP contribution in [0.3, 0.4) is 0 Å². The molecule has 1 aromatic carbocycles. The summed E-state index contributed by atoms with van der Waals surface area (Å²) in [6.45, 7) is 3.20. The Bertz CT molecular complexity index is 766. The van der Waals surface area contributed by atoms with E-state index >= 15 is 0 Å². The molecule has 0 fully saturated rings. The lowest BCUT2D eigenvalue weighted by Gasteiger charge is -2.15. The summed E-state index contributed by atoms with van der Waals surface area (Å²) in [6, 6.07) is 9.31. The predicted octanol–water partition coefficient (Wildman–Crippen LogP) is 2.00. The van der Waals surface area contributed by atoms with Crippen LogP contribution < -0.4 is 0 Å². The van der Waals surface area contributed by atoms with Crippen LogP contribution in [0.1, 0.15) is 18.4 Å². The van der Waals surface area contributed by atoms with Gasteiger partial charge in [-0.2, -0.15) is 0 Å². The summed E-state index contributed by atoms with van der Waals surface area (Å²) in [7, 11) is -2.29. The quantitative estimate of drug-likeness (QED) is 0.841.